The van der Waals surface area contributed by atoms with Crippen LogP contribution >= 0.6 is 0 Å². The van der Waals surface area contributed by atoms with Crippen LogP contribution in [0.2, 0.25) is 0 Å². The van der Waals surface area contributed by atoms with Crippen molar-refractivity contribution in [2.45, 2.75) is 46.5 Å². The zero-order valence-corrected chi connectivity index (χ0v) is 16.9. The molecule has 0 spiro atoms. The number of carbonyl (C=O) groups is 2. The van der Waals surface area contributed by atoms with Gasteiger partial charge in [-0.15, -0.1) is 0 Å². The molecule has 1 saturated heterocycles. The molecule has 0 aliphatic carbocycles. The maximum atomic E-state index is 12.7. The largest absolute Gasteiger partial charge is 0.478 e. The van der Waals surface area contributed by atoms with Crippen LogP contribution in [0.3, 0.4) is 0 Å². The number of aromatic nitrogens is 2. The van der Waals surface area contributed by atoms with Gasteiger partial charge >= 0.3 is 5.97 Å². The quantitative estimate of drug-likeness (QED) is 0.872. The monoisotopic (exact) mass is 381 g/mol. The van der Waals surface area contributed by atoms with Crippen molar-refractivity contribution in [3.05, 3.63) is 47.4 Å². The van der Waals surface area contributed by atoms with E-state index in [0.717, 1.165) is 42.2 Å². The lowest BCUT2D eigenvalue weighted by atomic mass is 9.91. The first-order chi connectivity index (χ1) is 13.1. The lowest BCUT2D eigenvalue weighted by Gasteiger charge is -2.36. The Morgan fingerprint density at radius 2 is 1.82 bits per heavy atom. The van der Waals surface area contributed by atoms with Crippen molar-refractivity contribution in [1.29, 1.82) is 0 Å². The van der Waals surface area contributed by atoms with Crippen LogP contribution < -0.4 is 0 Å². The van der Waals surface area contributed by atoms with Crippen LogP contribution in [0.1, 0.15) is 61.4 Å². The molecular weight excluding hydrogens is 354 g/mol. The smallest absolute Gasteiger partial charge is 0.335 e. The summed E-state index contributed by atoms with van der Waals surface area (Å²) in [6.45, 7) is 9.18. The number of hydrogen-bond acceptors (Lipinski definition) is 4. The normalized spacial score (nSPS) is 17.4. The van der Waals surface area contributed by atoms with E-state index in [1.165, 1.54) is 0 Å². The number of benzene rings is 1. The molecule has 1 aromatic carbocycles. The molecule has 1 aliphatic heterocycles. The summed E-state index contributed by atoms with van der Waals surface area (Å²) in [6, 6.07) is 8.61. The summed E-state index contributed by atoms with van der Waals surface area (Å²) in [5, 5.41) is 9.07. The van der Waals surface area contributed by atoms with Gasteiger partial charge in [-0.1, -0.05) is 32.9 Å². The Morgan fingerprint density at radius 1 is 1.14 bits per heavy atom. The van der Waals surface area contributed by atoms with E-state index in [-0.39, 0.29) is 17.4 Å². The summed E-state index contributed by atoms with van der Waals surface area (Å²) in [5.41, 5.74) is 2.35. The minimum absolute atomic E-state index is 0.108. The zero-order chi connectivity index (χ0) is 20.5. The van der Waals surface area contributed by atoms with E-state index in [1.54, 1.807) is 24.3 Å². The molecule has 1 N–H and O–H groups in total. The molecule has 1 fully saturated rings. The number of rotatable bonds is 3. The number of hydrogen-bond donors (Lipinski definition) is 1. The molecule has 1 aromatic heterocycles. The summed E-state index contributed by atoms with van der Waals surface area (Å²) in [4.78, 5) is 35.1. The van der Waals surface area contributed by atoms with Gasteiger partial charge in [-0.3, -0.25) is 4.79 Å². The second-order valence-electron chi connectivity index (χ2n) is 8.48. The standard InChI is InChI=1S/C22H27N3O3/c1-14-12-18(15-7-9-16(10-8-15)20(26)27)24-19(23-14)17-6-5-11-25(13-17)21(28)22(2,3)4/h7-10,12,17H,5-6,11,13H2,1-4H3,(H,26,27)/t17-/m1/s1. The van der Waals surface area contributed by atoms with Gasteiger partial charge in [0.05, 0.1) is 11.3 Å². The highest BCUT2D eigenvalue weighted by Gasteiger charge is 2.32. The van der Waals surface area contributed by atoms with Crippen LogP contribution in [0, 0.1) is 12.3 Å². The molecule has 6 heteroatoms. The number of carboxylic acids is 1. The van der Waals surface area contributed by atoms with E-state index in [0.29, 0.717) is 6.54 Å². The van der Waals surface area contributed by atoms with Crippen molar-refractivity contribution in [2.75, 3.05) is 13.1 Å². The van der Waals surface area contributed by atoms with Crippen LogP contribution in [-0.2, 0) is 4.79 Å². The van der Waals surface area contributed by atoms with Crippen LogP contribution in [0.4, 0.5) is 0 Å². The molecule has 6 nitrogen and oxygen atoms in total. The van der Waals surface area contributed by atoms with E-state index < -0.39 is 11.4 Å². The van der Waals surface area contributed by atoms with Gasteiger partial charge < -0.3 is 10.0 Å². The molecule has 1 atom stereocenters. The Balaban J connectivity index is 1.86. The van der Waals surface area contributed by atoms with Crippen molar-refractivity contribution >= 4 is 11.9 Å². The second-order valence-corrected chi connectivity index (χ2v) is 8.48. The van der Waals surface area contributed by atoms with Crippen molar-refractivity contribution in [2.24, 2.45) is 5.41 Å². The molecule has 1 aliphatic rings. The molecule has 0 bridgehead atoms. The van der Waals surface area contributed by atoms with E-state index >= 15 is 0 Å². The van der Waals surface area contributed by atoms with Gasteiger partial charge in [0.2, 0.25) is 5.91 Å². The number of amides is 1. The Hall–Kier alpha value is -2.76. The number of aromatic carboxylic acids is 1. The molecule has 0 radical (unpaired) electrons. The molecule has 3 rings (SSSR count). The number of likely N-dealkylation sites (tertiary alicyclic amines) is 1. The number of carboxylic acid groups (broad SMARTS) is 1. The van der Waals surface area contributed by atoms with Crippen molar-refractivity contribution in [3.63, 3.8) is 0 Å². The molecule has 148 valence electrons. The fourth-order valence-electron chi connectivity index (χ4n) is 3.55. The Morgan fingerprint density at radius 3 is 2.43 bits per heavy atom. The molecule has 2 aromatic rings. The lowest BCUT2D eigenvalue weighted by Crippen LogP contribution is -2.44. The second kappa shape index (κ2) is 7.70. The van der Waals surface area contributed by atoms with Gasteiger partial charge in [-0.05, 0) is 38.0 Å². The highest BCUT2D eigenvalue weighted by molar-refractivity contribution is 5.88. The van der Waals surface area contributed by atoms with Gasteiger partial charge in [0.25, 0.3) is 0 Å². The highest BCUT2D eigenvalue weighted by atomic mass is 16.4. The van der Waals surface area contributed by atoms with Gasteiger partial charge in [0.15, 0.2) is 0 Å². The minimum Gasteiger partial charge on any atom is -0.478 e. The van der Waals surface area contributed by atoms with Crippen molar-refractivity contribution in [1.82, 2.24) is 14.9 Å². The first kappa shape index (κ1) is 20.0. The average molecular weight is 381 g/mol. The molecular formula is C22H27N3O3. The molecule has 1 amide bonds. The third-order valence-electron chi connectivity index (χ3n) is 5.01. The molecule has 2 heterocycles. The van der Waals surface area contributed by atoms with Crippen molar-refractivity contribution in [3.8, 4) is 11.3 Å². The molecule has 28 heavy (non-hydrogen) atoms. The number of nitrogens with zero attached hydrogens (tertiary/aromatic N) is 3. The summed E-state index contributed by atoms with van der Waals surface area (Å²) in [6.07, 6.45) is 1.89. The van der Waals surface area contributed by atoms with Crippen molar-refractivity contribution < 1.29 is 14.7 Å². The third-order valence-corrected chi connectivity index (χ3v) is 5.01. The molecule has 0 saturated carbocycles. The van der Waals surface area contributed by atoms with Gasteiger partial charge in [0.1, 0.15) is 5.82 Å². The summed E-state index contributed by atoms with van der Waals surface area (Å²) in [5.74, 6) is 0.0759. The SMILES string of the molecule is Cc1cc(-c2ccc(C(=O)O)cc2)nc([C@@H]2CCCN(C(=O)C(C)(C)C)C2)n1. The average Bonchev–Trinajstić information content (AvgIpc) is 2.66. The van der Waals surface area contributed by atoms with Crippen LogP contribution in [-0.4, -0.2) is 44.9 Å². The Kier molecular flexibility index (Phi) is 5.49. The summed E-state index contributed by atoms with van der Waals surface area (Å²) >= 11 is 0. The number of piperidine rings is 1. The Labute approximate surface area is 165 Å². The van der Waals surface area contributed by atoms with Gasteiger partial charge in [-0.2, -0.15) is 0 Å². The maximum Gasteiger partial charge on any atom is 0.335 e. The zero-order valence-electron chi connectivity index (χ0n) is 16.9. The predicted octanol–water partition coefficient (Wildman–Crippen LogP) is 3.90. The molecule has 0 unspecified atom stereocenters. The number of aryl methyl sites for hydroxylation is 1. The maximum absolute atomic E-state index is 12.7. The summed E-state index contributed by atoms with van der Waals surface area (Å²) < 4.78 is 0. The number of carbonyl (C=O) groups excluding carboxylic acids is 1. The van der Waals surface area contributed by atoms with E-state index in [4.69, 9.17) is 10.1 Å². The van der Waals surface area contributed by atoms with Crippen LogP contribution in [0.5, 0.6) is 0 Å². The van der Waals surface area contributed by atoms with E-state index in [9.17, 15) is 9.59 Å². The van der Waals surface area contributed by atoms with Gasteiger partial charge in [0, 0.05) is 35.7 Å². The predicted molar refractivity (Wildman–Crippen MR) is 107 cm³/mol. The third kappa shape index (κ3) is 4.38. The van der Waals surface area contributed by atoms with E-state index in [1.807, 2.05) is 38.7 Å². The lowest BCUT2D eigenvalue weighted by molar-refractivity contribution is -0.140. The first-order valence-electron chi connectivity index (χ1n) is 9.64. The van der Waals surface area contributed by atoms with Crippen LogP contribution in [0.25, 0.3) is 11.3 Å². The first-order valence-corrected chi connectivity index (χ1v) is 9.64. The fraction of sp³-hybridized carbons (Fsp3) is 0.455. The van der Waals surface area contributed by atoms with Gasteiger partial charge in [-0.25, -0.2) is 14.8 Å². The van der Waals surface area contributed by atoms with E-state index in [2.05, 4.69) is 4.98 Å². The minimum atomic E-state index is -0.947. The Bertz CT molecular complexity index is 885. The topological polar surface area (TPSA) is 83.4 Å². The summed E-state index contributed by atoms with van der Waals surface area (Å²) in [7, 11) is 0. The fourth-order valence-corrected chi connectivity index (χ4v) is 3.55. The van der Waals surface area contributed by atoms with Crippen LogP contribution in [0.15, 0.2) is 30.3 Å². The highest BCUT2D eigenvalue weighted by Crippen LogP contribution is 2.29.